The van der Waals surface area contributed by atoms with Crippen LogP contribution in [0.5, 0.6) is 5.75 Å². The van der Waals surface area contributed by atoms with Crippen molar-refractivity contribution in [3.05, 3.63) is 53.1 Å². The van der Waals surface area contributed by atoms with Crippen LogP contribution in [0.2, 0.25) is 0 Å². The number of nitrogens with zero attached hydrogens (tertiary/aromatic N) is 3. The van der Waals surface area contributed by atoms with Gasteiger partial charge in [-0.2, -0.15) is 12.7 Å². The number of aromatic nitrogens is 1. The maximum absolute atomic E-state index is 14.0. The summed E-state index contributed by atoms with van der Waals surface area (Å²) in [4.78, 5) is 29.0. The smallest absolute Gasteiger partial charge is 0.303 e. The van der Waals surface area contributed by atoms with Crippen LogP contribution in [0.25, 0.3) is 22.2 Å². The third kappa shape index (κ3) is 5.54. The average molecular weight is 609 g/mol. The van der Waals surface area contributed by atoms with Gasteiger partial charge in [-0.1, -0.05) is 25.3 Å². The van der Waals surface area contributed by atoms with E-state index in [2.05, 4.69) is 15.4 Å². The summed E-state index contributed by atoms with van der Waals surface area (Å²) in [6, 6.07) is 11.5. The molecule has 1 aliphatic carbocycles. The minimum Gasteiger partial charge on any atom is -0.497 e. The molecular weight excluding hydrogens is 568 g/mol. The van der Waals surface area contributed by atoms with E-state index in [0.29, 0.717) is 31.2 Å². The first kappa shape index (κ1) is 29.7. The highest BCUT2D eigenvalue weighted by molar-refractivity contribution is 7.87. The SMILES string of the molecule is COc1ccc2c(c1)[C@H]1CCn3c-2c(C2CCCCC2)c2ccc(cc23)C(=O)NS(=O)(=O)N(C)CCOCCN(C)C1=O. The number of carbonyl (C=O) groups excluding carboxylic acids is 2. The number of hydrogen-bond donors (Lipinski definition) is 1. The zero-order valence-electron chi connectivity index (χ0n) is 25.1. The Morgan fingerprint density at radius 2 is 1.70 bits per heavy atom. The molecule has 1 aromatic heterocycles. The molecule has 0 unspecified atom stereocenters. The van der Waals surface area contributed by atoms with E-state index < -0.39 is 16.1 Å². The second kappa shape index (κ2) is 11.9. The van der Waals surface area contributed by atoms with Gasteiger partial charge in [-0.25, -0.2) is 4.72 Å². The lowest BCUT2D eigenvalue weighted by Crippen LogP contribution is -2.43. The number of likely N-dealkylation sites (N-methyl/N-ethyl adjacent to an activating group) is 2. The van der Waals surface area contributed by atoms with E-state index >= 15 is 0 Å². The fourth-order valence-electron chi connectivity index (χ4n) is 6.93. The van der Waals surface area contributed by atoms with Crippen molar-refractivity contribution in [2.45, 2.75) is 56.9 Å². The normalized spacial score (nSPS) is 22.3. The van der Waals surface area contributed by atoms with E-state index in [1.54, 1.807) is 31.2 Å². The second-order valence-corrected chi connectivity index (χ2v) is 13.7. The number of hydrogen-bond acceptors (Lipinski definition) is 6. The van der Waals surface area contributed by atoms with Gasteiger partial charge in [0.1, 0.15) is 5.75 Å². The number of fused-ring (bicyclic) bond motifs is 6. The molecule has 230 valence electrons. The van der Waals surface area contributed by atoms with Crippen LogP contribution in [0.15, 0.2) is 36.4 Å². The second-order valence-electron chi connectivity index (χ2n) is 11.9. The summed E-state index contributed by atoms with van der Waals surface area (Å²) in [5, 5.41) is 1.08. The van der Waals surface area contributed by atoms with Crippen LogP contribution in [-0.2, 0) is 26.3 Å². The summed E-state index contributed by atoms with van der Waals surface area (Å²) in [6.45, 7) is 1.39. The molecule has 11 heteroatoms. The summed E-state index contributed by atoms with van der Waals surface area (Å²) < 4.78 is 42.8. The molecule has 4 bridgehead atoms. The van der Waals surface area contributed by atoms with Gasteiger partial charge >= 0.3 is 10.2 Å². The Labute approximate surface area is 253 Å². The molecule has 10 nitrogen and oxygen atoms in total. The van der Waals surface area contributed by atoms with Gasteiger partial charge in [0.2, 0.25) is 5.91 Å². The summed E-state index contributed by atoms with van der Waals surface area (Å²) >= 11 is 0. The summed E-state index contributed by atoms with van der Waals surface area (Å²) in [5.41, 5.74) is 5.44. The van der Waals surface area contributed by atoms with Gasteiger partial charge in [-0.05, 0) is 66.6 Å². The number of amides is 2. The highest BCUT2D eigenvalue weighted by Gasteiger charge is 2.35. The quantitative estimate of drug-likeness (QED) is 0.466. The van der Waals surface area contributed by atoms with Crippen molar-refractivity contribution in [1.29, 1.82) is 0 Å². The maximum Gasteiger partial charge on any atom is 0.303 e. The number of benzene rings is 2. The Kier molecular flexibility index (Phi) is 8.23. The molecule has 3 heterocycles. The fraction of sp³-hybridized carbons (Fsp3) is 0.500. The number of rotatable bonds is 2. The van der Waals surface area contributed by atoms with Crippen molar-refractivity contribution in [2.24, 2.45) is 0 Å². The topological polar surface area (TPSA) is 110 Å². The van der Waals surface area contributed by atoms with E-state index in [9.17, 15) is 18.0 Å². The first-order valence-electron chi connectivity index (χ1n) is 15.1. The van der Waals surface area contributed by atoms with E-state index in [0.717, 1.165) is 57.7 Å². The van der Waals surface area contributed by atoms with Gasteiger partial charge in [-0.15, -0.1) is 0 Å². The maximum atomic E-state index is 14.0. The molecule has 1 saturated carbocycles. The van der Waals surface area contributed by atoms with Gasteiger partial charge in [0.15, 0.2) is 0 Å². The number of ether oxygens (including phenoxy) is 2. The number of aryl methyl sites for hydroxylation is 1. The predicted octanol–water partition coefficient (Wildman–Crippen LogP) is 4.25. The van der Waals surface area contributed by atoms with Crippen molar-refractivity contribution >= 4 is 32.9 Å². The summed E-state index contributed by atoms with van der Waals surface area (Å²) in [5.74, 6) is -0.00628. The molecule has 2 amide bonds. The molecule has 3 aliphatic rings. The Hall–Kier alpha value is -3.41. The van der Waals surface area contributed by atoms with Crippen molar-refractivity contribution in [2.75, 3.05) is 47.5 Å². The first-order valence-corrected chi connectivity index (χ1v) is 16.6. The number of nitrogens with one attached hydrogen (secondary N) is 1. The van der Waals surface area contributed by atoms with Gasteiger partial charge in [0.05, 0.1) is 31.9 Å². The van der Waals surface area contributed by atoms with Crippen molar-refractivity contribution < 1.29 is 27.5 Å². The van der Waals surface area contributed by atoms with Crippen LogP contribution in [-0.4, -0.2) is 81.5 Å². The molecule has 0 spiro atoms. The molecule has 1 N–H and O–H groups in total. The molecule has 0 saturated heterocycles. The van der Waals surface area contributed by atoms with Crippen LogP contribution < -0.4 is 9.46 Å². The largest absolute Gasteiger partial charge is 0.497 e. The molecule has 43 heavy (non-hydrogen) atoms. The van der Waals surface area contributed by atoms with Crippen LogP contribution >= 0.6 is 0 Å². The summed E-state index contributed by atoms with van der Waals surface area (Å²) in [7, 11) is 0.756. The zero-order chi connectivity index (χ0) is 30.3. The molecular formula is C32H40N4O6S. The third-order valence-electron chi connectivity index (χ3n) is 9.34. The lowest BCUT2D eigenvalue weighted by atomic mass is 9.80. The van der Waals surface area contributed by atoms with E-state index in [1.807, 2.05) is 18.2 Å². The molecule has 3 aromatic rings. The molecule has 1 fully saturated rings. The minimum absolute atomic E-state index is 0.00765. The summed E-state index contributed by atoms with van der Waals surface area (Å²) in [6.07, 6.45) is 6.27. The van der Waals surface area contributed by atoms with Crippen molar-refractivity contribution in [1.82, 2.24) is 18.5 Å². The molecule has 6 rings (SSSR count). The monoisotopic (exact) mass is 608 g/mol. The fourth-order valence-corrected chi connectivity index (χ4v) is 7.76. The molecule has 1 atom stereocenters. The van der Waals surface area contributed by atoms with E-state index in [-0.39, 0.29) is 37.1 Å². The zero-order valence-corrected chi connectivity index (χ0v) is 25.9. The Morgan fingerprint density at radius 3 is 2.47 bits per heavy atom. The van der Waals surface area contributed by atoms with Crippen molar-refractivity contribution in [3.8, 4) is 17.0 Å². The predicted molar refractivity (Wildman–Crippen MR) is 165 cm³/mol. The highest BCUT2D eigenvalue weighted by Crippen LogP contribution is 2.48. The van der Waals surface area contributed by atoms with Gasteiger partial charge in [0.25, 0.3) is 5.91 Å². The molecule has 2 aromatic carbocycles. The average Bonchev–Trinajstić information content (AvgIpc) is 3.23. The van der Waals surface area contributed by atoms with Gasteiger partial charge in [-0.3, -0.25) is 9.59 Å². The van der Waals surface area contributed by atoms with Crippen molar-refractivity contribution in [3.63, 3.8) is 0 Å². The Bertz CT molecular complexity index is 1660. The van der Waals surface area contributed by atoms with E-state index in [1.165, 1.54) is 19.0 Å². The Balaban J connectivity index is 1.59. The highest BCUT2D eigenvalue weighted by atomic mass is 32.2. The van der Waals surface area contributed by atoms with Crippen LogP contribution in [0.1, 0.15) is 71.8 Å². The number of carbonyl (C=O) groups is 2. The first-order chi connectivity index (χ1) is 20.7. The molecule has 2 aliphatic heterocycles. The molecule has 0 radical (unpaired) electrons. The third-order valence-corrected chi connectivity index (χ3v) is 10.8. The minimum atomic E-state index is -4.08. The van der Waals surface area contributed by atoms with Gasteiger partial charge in [0, 0.05) is 55.8 Å². The lowest BCUT2D eigenvalue weighted by molar-refractivity contribution is -0.132. The van der Waals surface area contributed by atoms with Gasteiger partial charge < -0.3 is 18.9 Å². The Morgan fingerprint density at radius 1 is 0.930 bits per heavy atom. The standard InChI is InChI=1S/C32H40N4O6S/c1-34-15-17-42-18-16-35(2)43(39,40)33-31(37)22-9-11-26-28(19-22)36-14-13-25(32(34)38)27-20-23(41-3)10-12-24(27)30(36)29(26)21-7-5-4-6-8-21/h9-12,19-21,25H,4-8,13-18H2,1-3H3,(H,33,37)/t25-/m1/s1. The van der Waals surface area contributed by atoms with E-state index in [4.69, 9.17) is 9.47 Å². The van der Waals surface area contributed by atoms with Crippen LogP contribution in [0.4, 0.5) is 0 Å². The van der Waals surface area contributed by atoms with Crippen LogP contribution in [0.3, 0.4) is 0 Å². The van der Waals surface area contributed by atoms with Crippen LogP contribution in [0, 0.1) is 0 Å². The lowest BCUT2D eigenvalue weighted by Gasteiger charge is -2.26. The number of methoxy groups -OCH3 is 1.